The van der Waals surface area contributed by atoms with Crippen molar-refractivity contribution in [1.29, 1.82) is 0 Å². The molecule has 0 saturated heterocycles. The lowest BCUT2D eigenvalue weighted by Gasteiger charge is -2.08. The number of alkyl halides is 1. The second kappa shape index (κ2) is 6.77. The number of hydrogen-bond acceptors (Lipinski definition) is 2. The van der Waals surface area contributed by atoms with Crippen LogP contribution < -0.4 is 5.32 Å². The highest BCUT2D eigenvalue weighted by Crippen LogP contribution is 2.21. The van der Waals surface area contributed by atoms with Crippen molar-refractivity contribution < 1.29 is 9.90 Å². The molecule has 0 heterocycles. The molecule has 5 heteroatoms. The van der Waals surface area contributed by atoms with Gasteiger partial charge in [0.15, 0.2) is 0 Å². The highest BCUT2D eigenvalue weighted by atomic mass is 79.9. The van der Waals surface area contributed by atoms with Gasteiger partial charge < -0.3 is 10.4 Å². The molecule has 2 N–H and O–H groups in total. The third-order valence-corrected chi connectivity index (χ3v) is 3.69. The smallest absolute Gasteiger partial charge is 0.255 e. The van der Waals surface area contributed by atoms with E-state index in [2.05, 4.69) is 21.2 Å². The van der Waals surface area contributed by atoms with Crippen molar-refractivity contribution >= 4 is 33.4 Å². The molecule has 0 radical (unpaired) electrons. The van der Waals surface area contributed by atoms with Crippen LogP contribution in [0.4, 0.5) is 0 Å². The molecule has 0 aromatic heterocycles. The third-order valence-electron chi connectivity index (χ3n) is 2.80. The zero-order valence-electron chi connectivity index (χ0n) is 10.6. The van der Waals surface area contributed by atoms with Gasteiger partial charge in [-0.3, -0.25) is 4.79 Å². The largest absolute Gasteiger partial charge is 0.507 e. The summed E-state index contributed by atoms with van der Waals surface area (Å²) in [5.74, 6) is -0.451. The lowest BCUT2D eigenvalue weighted by molar-refractivity contribution is 0.0948. The maximum absolute atomic E-state index is 12.0. The number of nitrogens with one attached hydrogen (secondary N) is 1. The SMILES string of the molecule is O=C(NCc1cccc(CBr)c1)c1ccc(Cl)cc1O. The number of rotatable bonds is 4. The van der Waals surface area contributed by atoms with Crippen LogP contribution in [0.5, 0.6) is 5.75 Å². The molecule has 20 heavy (non-hydrogen) atoms. The van der Waals surface area contributed by atoms with Crippen molar-refractivity contribution in [2.45, 2.75) is 11.9 Å². The molecule has 1 amide bonds. The summed E-state index contributed by atoms with van der Waals surface area (Å²) in [6, 6.07) is 12.3. The quantitative estimate of drug-likeness (QED) is 0.819. The normalized spacial score (nSPS) is 10.3. The first-order valence-corrected chi connectivity index (χ1v) is 7.50. The number of benzene rings is 2. The number of carbonyl (C=O) groups is 1. The molecule has 0 spiro atoms. The minimum absolute atomic E-state index is 0.121. The van der Waals surface area contributed by atoms with Crippen LogP contribution in [-0.2, 0) is 11.9 Å². The summed E-state index contributed by atoms with van der Waals surface area (Å²) >= 11 is 9.12. The zero-order chi connectivity index (χ0) is 14.5. The fourth-order valence-corrected chi connectivity index (χ4v) is 2.31. The van der Waals surface area contributed by atoms with E-state index in [1.54, 1.807) is 6.07 Å². The lowest BCUT2D eigenvalue weighted by Crippen LogP contribution is -2.22. The van der Waals surface area contributed by atoms with Gasteiger partial charge >= 0.3 is 0 Å². The zero-order valence-corrected chi connectivity index (χ0v) is 12.9. The van der Waals surface area contributed by atoms with Crippen molar-refractivity contribution in [1.82, 2.24) is 5.32 Å². The van der Waals surface area contributed by atoms with Crippen LogP contribution in [0, 0.1) is 0 Å². The van der Waals surface area contributed by atoms with E-state index in [0.717, 1.165) is 16.5 Å². The molecular formula is C15H13BrClNO2. The van der Waals surface area contributed by atoms with E-state index in [4.69, 9.17) is 11.6 Å². The molecule has 0 saturated carbocycles. The number of aromatic hydroxyl groups is 1. The van der Waals surface area contributed by atoms with Gasteiger partial charge in [0.05, 0.1) is 5.56 Å². The molecule has 0 aliphatic rings. The molecule has 2 aromatic carbocycles. The van der Waals surface area contributed by atoms with Gasteiger partial charge in [0, 0.05) is 16.9 Å². The van der Waals surface area contributed by atoms with Gasteiger partial charge in [-0.15, -0.1) is 0 Å². The monoisotopic (exact) mass is 353 g/mol. The number of phenols is 1. The Morgan fingerprint density at radius 2 is 1.95 bits per heavy atom. The van der Waals surface area contributed by atoms with E-state index in [1.807, 2.05) is 24.3 Å². The summed E-state index contributed by atoms with van der Waals surface area (Å²) in [6.07, 6.45) is 0. The first kappa shape index (κ1) is 14.9. The highest BCUT2D eigenvalue weighted by molar-refractivity contribution is 9.08. The molecule has 0 bridgehead atoms. The first-order chi connectivity index (χ1) is 9.60. The Kier molecular flexibility index (Phi) is 5.04. The predicted octanol–water partition coefficient (Wildman–Crippen LogP) is 3.87. The van der Waals surface area contributed by atoms with Crippen LogP contribution >= 0.6 is 27.5 Å². The fraction of sp³-hybridized carbons (Fsp3) is 0.133. The van der Waals surface area contributed by atoms with Crippen molar-refractivity contribution in [3.63, 3.8) is 0 Å². The third kappa shape index (κ3) is 3.74. The summed E-state index contributed by atoms with van der Waals surface area (Å²) in [5.41, 5.74) is 2.36. The summed E-state index contributed by atoms with van der Waals surface area (Å²) in [7, 11) is 0. The molecule has 0 unspecified atom stereocenters. The Morgan fingerprint density at radius 1 is 1.20 bits per heavy atom. The standard InChI is InChI=1S/C15H13BrClNO2/c16-8-10-2-1-3-11(6-10)9-18-15(20)13-5-4-12(17)7-14(13)19/h1-7,19H,8-9H2,(H,18,20). The maximum Gasteiger partial charge on any atom is 0.255 e. The van der Waals surface area contributed by atoms with Crippen LogP contribution in [0.2, 0.25) is 5.02 Å². The molecule has 0 aliphatic heterocycles. The molecule has 2 aromatic rings. The summed E-state index contributed by atoms with van der Waals surface area (Å²) < 4.78 is 0. The minimum atomic E-state index is -0.330. The van der Waals surface area contributed by atoms with Gasteiger partial charge in [0.25, 0.3) is 5.91 Å². The van der Waals surface area contributed by atoms with Crippen LogP contribution in [0.15, 0.2) is 42.5 Å². The fourth-order valence-electron chi connectivity index (χ4n) is 1.80. The Balaban J connectivity index is 2.04. The van der Waals surface area contributed by atoms with E-state index < -0.39 is 0 Å². The number of amides is 1. The van der Waals surface area contributed by atoms with Gasteiger partial charge in [0.1, 0.15) is 5.75 Å². The van der Waals surface area contributed by atoms with Gasteiger partial charge in [-0.1, -0.05) is 51.8 Å². The minimum Gasteiger partial charge on any atom is -0.507 e. The number of carbonyl (C=O) groups excluding carboxylic acids is 1. The average molecular weight is 355 g/mol. The second-order valence-electron chi connectivity index (χ2n) is 4.30. The average Bonchev–Trinajstić information content (AvgIpc) is 2.45. The van der Waals surface area contributed by atoms with Crippen molar-refractivity contribution in [3.05, 3.63) is 64.2 Å². The Morgan fingerprint density at radius 3 is 2.65 bits per heavy atom. The second-order valence-corrected chi connectivity index (χ2v) is 5.29. The highest BCUT2D eigenvalue weighted by Gasteiger charge is 2.10. The van der Waals surface area contributed by atoms with Crippen LogP contribution in [0.25, 0.3) is 0 Å². The molecule has 2 rings (SSSR count). The summed E-state index contributed by atoms with van der Waals surface area (Å²) in [4.78, 5) is 12.0. The van der Waals surface area contributed by atoms with Gasteiger partial charge in [-0.2, -0.15) is 0 Å². The van der Waals surface area contributed by atoms with Crippen LogP contribution in [-0.4, -0.2) is 11.0 Å². The van der Waals surface area contributed by atoms with Gasteiger partial charge in [-0.25, -0.2) is 0 Å². The number of phenolic OH excluding ortho intramolecular Hbond substituents is 1. The Labute approximate surface area is 130 Å². The van der Waals surface area contributed by atoms with E-state index in [-0.39, 0.29) is 17.2 Å². The molecule has 104 valence electrons. The maximum atomic E-state index is 12.0. The van der Waals surface area contributed by atoms with E-state index in [9.17, 15) is 9.90 Å². The Bertz CT molecular complexity index is 631. The number of hydrogen-bond donors (Lipinski definition) is 2. The molecular weight excluding hydrogens is 342 g/mol. The van der Waals surface area contributed by atoms with Gasteiger partial charge in [-0.05, 0) is 29.3 Å². The van der Waals surface area contributed by atoms with Crippen molar-refractivity contribution in [3.8, 4) is 5.75 Å². The molecule has 0 aliphatic carbocycles. The predicted molar refractivity (Wildman–Crippen MR) is 83.4 cm³/mol. The molecule has 0 atom stereocenters. The summed E-state index contributed by atoms with van der Waals surface area (Å²) in [6.45, 7) is 0.405. The van der Waals surface area contributed by atoms with Crippen molar-refractivity contribution in [2.75, 3.05) is 0 Å². The number of halogens is 2. The van der Waals surface area contributed by atoms with Crippen molar-refractivity contribution in [2.24, 2.45) is 0 Å². The van der Waals surface area contributed by atoms with Crippen LogP contribution in [0.3, 0.4) is 0 Å². The molecule has 3 nitrogen and oxygen atoms in total. The lowest BCUT2D eigenvalue weighted by atomic mass is 10.1. The summed E-state index contributed by atoms with van der Waals surface area (Å²) in [5, 5.41) is 13.6. The van der Waals surface area contributed by atoms with E-state index in [0.29, 0.717) is 11.6 Å². The Hall–Kier alpha value is -1.52. The van der Waals surface area contributed by atoms with Gasteiger partial charge in [0.2, 0.25) is 0 Å². The van der Waals surface area contributed by atoms with Crippen LogP contribution in [0.1, 0.15) is 21.5 Å². The topological polar surface area (TPSA) is 49.3 Å². The van der Waals surface area contributed by atoms with E-state index >= 15 is 0 Å². The molecule has 0 fully saturated rings. The van der Waals surface area contributed by atoms with E-state index in [1.165, 1.54) is 12.1 Å². The first-order valence-electron chi connectivity index (χ1n) is 6.00.